The second-order valence-corrected chi connectivity index (χ2v) is 2.41. The van der Waals surface area contributed by atoms with E-state index in [1.54, 1.807) is 37.3 Å². The van der Waals surface area contributed by atoms with Crippen LogP contribution in [0, 0.1) is 0 Å². The van der Waals surface area contributed by atoms with Crippen molar-refractivity contribution >= 4 is 11.5 Å². The van der Waals surface area contributed by atoms with Crippen molar-refractivity contribution in [3.05, 3.63) is 24.3 Å². The maximum absolute atomic E-state index is 11.0. The van der Waals surface area contributed by atoms with E-state index in [1.807, 2.05) is 0 Å². The van der Waals surface area contributed by atoms with Crippen LogP contribution in [0.25, 0.3) is 0 Å². The second-order valence-electron chi connectivity index (χ2n) is 2.41. The molecule has 0 saturated carbocycles. The first-order valence-electron chi connectivity index (χ1n) is 3.35. The molecule has 58 valence electrons. The summed E-state index contributed by atoms with van der Waals surface area (Å²) >= 11 is 0. The van der Waals surface area contributed by atoms with Crippen LogP contribution in [0.4, 0.5) is 0 Å². The van der Waals surface area contributed by atoms with Crippen LogP contribution >= 0.6 is 0 Å². The smallest absolute Gasteiger partial charge is 0.205 e. The summed E-state index contributed by atoms with van der Waals surface area (Å²) in [7, 11) is 3.57. The summed E-state index contributed by atoms with van der Waals surface area (Å²) < 4.78 is 0. The Balaban J connectivity index is 2.81. The summed E-state index contributed by atoms with van der Waals surface area (Å²) in [5.74, 6) is -0.0406. The van der Waals surface area contributed by atoms with E-state index >= 15 is 0 Å². The molecule has 0 aromatic heterocycles. The minimum atomic E-state index is -0.0406. The molecule has 0 bridgehead atoms. The first kappa shape index (κ1) is 7.72. The molecule has 0 aromatic carbocycles. The summed E-state index contributed by atoms with van der Waals surface area (Å²) in [6, 6.07) is 0. The van der Waals surface area contributed by atoms with Gasteiger partial charge in [-0.05, 0) is 12.2 Å². The second kappa shape index (κ2) is 3.14. The molecule has 0 atom stereocenters. The highest BCUT2D eigenvalue weighted by Crippen LogP contribution is 1.96. The van der Waals surface area contributed by atoms with Gasteiger partial charge < -0.3 is 5.01 Å². The summed E-state index contributed by atoms with van der Waals surface area (Å²) in [5.41, 5.74) is 0.484. The number of nitrogens with zero attached hydrogens (tertiary/aromatic N) is 2. The van der Waals surface area contributed by atoms with E-state index in [2.05, 4.69) is 5.10 Å². The highest BCUT2D eigenvalue weighted by atomic mass is 16.1. The van der Waals surface area contributed by atoms with Crippen LogP contribution in [0.2, 0.25) is 0 Å². The predicted octanol–water partition coefficient (Wildman–Crippen LogP) is 0.599. The molecule has 0 amide bonds. The van der Waals surface area contributed by atoms with E-state index < -0.39 is 0 Å². The lowest BCUT2D eigenvalue weighted by Crippen LogP contribution is -2.15. The Labute approximate surface area is 65.7 Å². The van der Waals surface area contributed by atoms with Crippen LogP contribution in [0.5, 0.6) is 0 Å². The summed E-state index contributed by atoms with van der Waals surface area (Å²) in [6.07, 6.45) is 6.70. The minimum Gasteiger partial charge on any atom is -0.302 e. The quantitative estimate of drug-likeness (QED) is 0.405. The molecule has 1 aliphatic carbocycles. The lowest BCUT2D eigenvalue weighted by molar-refractivity contribution is -0.108. The Bertz CT molecular complexity index is 249. The standard InChI is InChI=1S/C8H10N2O/c1-10(2)9-7-5-3-4-6-8(7)11/h3-6H,1-2H3. The minimum absolute atomic E-state index is 0.0406. The molecule has 0 aromatic rings. The van der Waals surface area contributed by atoms with Gasteiger partial charge in [0.05, 0.1) is 0 Å². The van der Waals surface area contributed by atoms with Gasteiger partial charge in [-0.1, -0.05) is 12.2 Å². The van der Waals surface area contributed by atoms with Gasteiger partial charge in [0.1, 0.15) is 5.71 Å². The van der Waals surface area contributed by atoms with Crippen molar-refractivity contribution in [3.63, 3.8) is 0 Å². The molecule has 11 heavy (non-hydrogen) atoms. The van der Waals surface area contributed by atoms with Gasteiger partial charge in [-0.3, -0.25) is 4.79 Å². The van der Waals surface area contributed by atoms with Crippen molar-refractivity contribution in [2.24, 2.45) is 5.10 Å². The Hall–Kier alpha value is -1.38. The van der Waals surface area contributed by atoms with E-state index in [0.29, 0.717) is 5.71 Å². The topological polar surface area (TPSA) is 32.7 Å². The molecule has 0 unspecified atom stereocenters. The van der Waals surface area contributed by atoms with Crippen LogP contribution in [0.3, 0.4) is 0 Å². The number of hydrogen-bond acceptors (Lipinski definition) is 3. The van der Waals surface area contributed by atoms with Crippen molar-refractivity contribution in [2.75, 3.05) is 14.1 Å². The van der Waals surface area contributed by atoms with Crippen molar-refractivity contribution in [2.45, 2.75) is 0 Å². The molecule has 0 aliphatic heterocycles. The number of ketones is 1. The monoisotopic (exact) mass is 150 g/mol. The van der Waals surface area contributed by atoms with Gasteiger partial charge in [0.25, 0.3) is 0 Å². The normalized spacial score (nSPS) is 19.5. The third kappa shape index (κ3) is 2.04. The largest absolute Gasteiger partial charge is 0.302 e. The van der Waals surface area contributed by atoms with Gasteiger partial charge in [-0.2, -0.15) is 5.10 Å². The van der Waals surface area contributed by atoms with Gasteiger partial charge in [-0.15, -0.1) is 0 Å². The first-order chi connectivity index (χ1) is 5.20. The first-order valence-corrected chi connectivity index (χ1v) is 3.35. The average molecular weight is 150 g/mol. The Morgan fingerprint density at radius 2 is 1.91 bits per heavy atom. The number of carbonyl (C=O) groups excluding carboxylic acids is 1. The summed E-state index contributed by atoms with van der Waals surface area (Å²) in [5, 5.41) is 5.59. The van der Waals surface area contributed by atoms with Gasteiger partial charge >= 0.3 is 0 Å². The lowest BCUT2D eigenvalue weighted by Gasteiger charge is -2.06. The van der Waals surface area contributed by atoms with Crippen LogP contribution in [-0.2, 0) is 4.79 Å². The zero-order valence-corrected chi connectivity index (χ0v) is 6.61. The SMILES string of the molecule is CN(C)N=C1C=CC=CC1=O. The van der Waals surface area contributed by atoms with Crippen LogP contribution in [0.1, 0.15) is 0 Å². The summed E-state index contributed by atoms with van der Waals surface area (Å²) in [4.78, 5) is 11.0. The fraction of sp³-hybridized carbons (Fsp3) is 0.250. The highest BCUT2D eigenvalue weighted by molar-refractivity contribution is 6.48. The molecule has 1 aliphatic rings. The van der Waals surface area contributed by atoms with Crippen molar-refractivity contribution in [3.8, 4) is 0 Å². The molecule has 3 heteroatoms. The zero-order chi connectivity index (χ0) is 8.27. The molecule has 0 fully saturated rings. The van der Waals surface area contributed by atoms with E-state index in [4.69, 9.17) is 0 Å². The molecule has 0 saturated heterocycles. The zero-order valence-electron chi connectivity index (χ0n) is 6.61. The molecule has 0 radical (unpaired) electrons. The maximum atomic E-state index is 11.0. The third-order valence-electron chi connectivity index (χ3n) is 1.17. The number of hydrogen-bond donors (Lipinski definition) is 0. The van der Waals surface area contributed by atoms with Crippen molar-refractivity contribution < 1.29 is 4.79 Å². The van der Waals surface area contributed by atoms with Crippen LogP contribution < -0.4 is 0 Å². The lowest BCUT2D eigenvalue weighted by atomic mass is 10.1. The van der Waals surface area contributed by atoms with Crippen molar-refractivity contribution in [1.29, 1.82) is 0 Å². The van der Waals surface area contributed by atoms with Crippen LogP contribution in [-0.4, -0.2) is 30.6 Å². The average Bonchev–Trinajstić information content (AvgIpc) is 1.93. The molecule has 0 heterocycles. The number of rotatable bonds is 1. The number of carbonyl (C=O) groups is 1. The Kier molecular flexibility index (Phi) is 2.21. The van der Waals surface area contributed by atoms with Gasteiger partial charge in [0, 0.05) is 14.1 Å². The molecule has 3 nitrogen and oxygen atoms in total. The maximum Gasteiger partial charge on any atom is 0.205 e. The van der Waals surface area contributed by atoms with Gasteiger partial charge in [-0.25, -0.2) is 0 Å². The van der Waals surface area contributed by atoms with Crippen molar-refractivity contribution in [1.82, 2.24) is 5.01 Å². The molecular formula is C8H10N2O. The summed E-state index contributed by atoms with van der Waals surface area (Å²) in [6.45, 7) is 0. The highest BCUT2D eigenvalue weighted by Gasteiger charge is 2.06. The van der Waals surface area contributed by atoms with Gasteiger partial charge in [0.2, 0.25) is 5.78 Å². The molecule has 0 N–H and O–H groups in total. The molecule has 0 spiro atoms. The van der Waals surface area contributed by atoms with E-state index in [1.165, 1.54) is 6.08 Å². The third-order valence-corrected chi connectivity index (χ3v) is 1.17. The fourth-order valence-electron chi connectivity index (χ4n) is 0.755. The van der Waals surface area contributed by atoms with Gasteiger partial charge in [0.15, 0.2) is 0 Å². The van der Waals surface area contributed by atoms with Crippen LogP contribution in [0.15, 0.2) is 29.4 Å². The Morgan fingerprint density at radius 1 is 1.27 bits per heavy atom. The number of allylic oxidation sites excluding steroid dienone is 4. The van der Waals surface area contributed by atoms with E-state index in [9.17, 15) is 4.79 Å². The predicted molar refractivity (Wildman–Crippen MR) is 44.4 cm³/mol. The Morgan fingerprint density at radius 3 is 2.45 bits per heavy atom. The molecular weight excluding hydrogens is 140 g/mol. The van der Waals surface area contributed by atoms with E-state index in [-0.39, 0.29) is 5.78 Å². The number of hydrazone groups is 1. The molecule has 1 rings (SSSR count). The fourth-order valence-corrected chi connectivity index (χ4v) is 0.755. The van der Waals surface area contributed by atoms with E-state index in [0.717, 1.165) is 0 Å².